The number of aliphatic carboxylic acids is 1. The third-order valence-electron chi connectivity index (χ3n) is 3.61. The van der Waals surface area contributed by atoms with Crippen LogP contribution >= 0.6 is 0 Å². The van der Waals surface area contributed by atoms with Crippen LogP contribution in [0.5, 0.6) is 0 Å². The molecule has 0 amide bonds. The molecule has 1 aliphatic carbocycles. The van der Waals surface area contributed by atoms with E-state index in [2.05, 4.69) is 6.07 Å². The predicted molar refractivity (Wildman–Crippen MR) is 69.8 cm³/mol. The standard InChI is InChI=1S/C16H11NO2/c17-9-14-10-5-1-3-7-12(10)15(16(18)19)13-8-4-2-6-11(13)14/h1-8,14-15H,(H,18,19). The molecule has 0 saturated heterocycles. The number of rotatable bonds is 1. The Bertz CT molecular complexity index is 652. The van der Waals surface area contributed by atoms with Gasteiger partial charge in [-0.2, -0.15) is 5.26 Å². The highest BCUT2D eigenvalue weighted by Gasteiger charge is 2.35. The van der Waals surface area contributed by atoms with Crippen LogP contribution in [0.15, 0.2) is 48.5 Å². The molecule has 2 aromatic rings. The second kappa shape index (κ2) is 4.25. The van der Waals surface area contributed by atoms with Gasteiger partial charge in [-0.3, -0.25) is 4.79 Å². The van der Waals surface area contributed by atoms with Crippen molar-refractivity contribution in [1.82, 2.24) is 0 Å². The number of hydrogen-bond acceptors (Lipinski definition) is 2. The Morgan fingerprint density at radius 2 is 1.37 bits per heavy atom. The first kappa shape index (κ1) is 11.5. The highest BCUT2D eigenvalue weighted by atomic mass is 16.4. The molecule has 0 aliphatic heterocycles. The molecule has 0 atom stereocenters. The van der Waals surface area contributed by atoms with Gasteiger partial charge in [0.25, 0.3) is 0 Å². The third-order valence-corrected chi connectivity index (χ3v) is 3.61. The monoisotopic (exact) mass is 249 g/mol. The average molecular weight is 249 g/mol. The zero-order valence-electron chi connectivity index (χ0n) is 10.1. The maximum atomic E-state index is 11.6. The lowest BCUT2D eigenvalue weighted by Gasteiger charge is -2.28. The fraction of sp³-hybridized carbons (Fsp3) is 0.125. The molecule has 0 radical (unpaired) electrons. The van der Waals surface area contributed by atoms with E-state index in [1.165, 1.54) is 0 Å². The Morgan fingerprint density at radius 1 is 0.947 bits per heavy atom. The van der Waals surface area contributed by atoms with Gasteiger partial charge in [0.2, 0.25) is 0 Å². The molecule has 2 aromatic carbocycles. The second-order valence-electron chi connectivity index (χ2n) is 4.59. The molecule has 0 saturated carbocycles. The van der Waals surface area contributed by atoms with E-state index in [1.54, 1.807) is 12.1 Å². The first-order valence-electron chi connectivity index (χ1n) is 6.04. The Hall–Kier alpha value is -2.60. The number of nitrogens with zero attached hydrogens (tertiary/aromatic N) is 1. The average Bonchev–Trinajstić information content (AvgIpc) is 2.44. The molecular weight excluding hydrogens is 238 g/mol. The molecule has 0 fully saturated rings. The minimum atomic E-state index is -0.878. The lowest BCUT2D eigenvalue weighted by Crippen LogP contribution is -2.23. The van der Waals surface area contributed by atoms with Gasteiger partial charge < -0.3 is 5.11 Å². The first-order chi connectivity index (χ1) is 9.24. The van der Waals surface area contributed by atoms with E-state index in [0.717, 1.165) is 22.3 Å². The maximum absolute atomic E-state index is 11.6. The Labute approximate surface area is 110 Å². The molecule has 3 rings (SSSR count). The molecule has 0 aromatic heterocycles. The van der Waals surface area contributed by atoms with Gasteiger partial charge in [-0.05, 0) is 22.3 Å². The van der Waals surface area contributed by atoms with E-state index < -0.39 is 11.9 Å². The molecule has 0 bridgehead atoms. The van der Waals surface area contributed by atoms with E-state index in [1.807, 2.05) is 36.4 Å². The molecule has 0 heterocycles. The molecular formula is C16H11NO2. The zero-order chi connectivity index (χ0) is 13.4. The van der Waals surface area contributed by atoms with Gasteiger partial charge >= 0.3 is 5.97 Å². The third kappa shape index (κ3) is 1.61. The molecule has 19 heavy (non-hydrogen) atoms. The molecule has 3 nitrogen and oxygen atoms in total. The smallest absolute Gasteiger partial charge is 0.315 e. The molecule has 1 aliphatic rings. The lowest BCUT2D eigenvalue weighted by molar-refractivity contribution is -0.137. The molecule has 0 unspecified atom stereocenters. The van der Waals surface area contributed by atoms with Gasteiger partial charge in [-0.15, -0.1) is 0 Å². The number of carboxylic acids is 1. The quantitative estimate of drug-likeness (QED) is 0.845. The maximum Gasteiger partial charge on any atom is 0.315 e. The van der Waals surface area contributed by atoms with Crippen LogP contribution in [0.2, 0.25) is 0 Å². The topological polar surface area (TPSA) is 61.1 Å². The number of carboxylic acid groups (broad SMARTS) is 1. The summed E-state index contributed by atoms with van der Waals surface area (Å²) < 4.78 is 0. The summed E-state index contributed by atoms with van der Waals surface area (Å²) in [5.41, 5.74) is 3.05. The van der Waals surface area contributed by atoms with Crippen molar-refractivity contribution in [3.63, 3.8) is 0 Å². The van der Waals surface area contributed by atoms with Gasteiger partial charge in [-0.1, -0.05) is 48.5 Å². The van der Waals surface area contributed by atoms with Crippen molar-refractivity contribution in [2.24, 2.45) is 0 Å². The van der Waals surface area contributed by atoms with Gasteiger partial charge in [0.15, 0.2) is 0 Å². The number of nitriles is 1. The summed E-state index contributed by atoms with van der Waals surface area (Å²) in [4.78, 5) is 11.6. The van der Waals surface area contributed by atoms with Gasteiger partial charge in [0, 0.05) is 0 Å². The van der Waals surface area contributed by atoms with Crippen LogP contribution < -0.4 is 0 Å². The van der Waals surface area contributed by atoms with Crippen molar-refractivity contribution < 1.29 is 9.90 Å². The number of hydrogen-bond donors (Lipinski definition) is 1. The normalized spacial score (nSPS) is 19.9. The van der Waals surface area contributed by atoms with Crippen molar-refractivity contribution in [2.45, 2.75) is 11.8 Å². The van der Waals surface area contributed by atoms with Gasteiger partial charge in [0.05, 0.1) is 12.0 Å². The van der Waals surface area contributed by atoms with Crippen LogP contribution in [0, 0.1) is 11.3 Å². The van der Waals surface area contributed by atoms with Crippen LogP contribution in [-0.4, -0.2) is 11.1 Å². The van der Waals surface area contributed by atoms with Crippen LogP contribution in [0.25, 0.3) is 0 Å². The zero-order valence-corrected chi connectivity index (χ0v) is 10.1. The first-order valence-corrected chi connectivity index (χ1v) is 6.04. The van der Waals surface area contributed by atoms with Crippen LogP contribution in [0.3, 0.4) is 0 Å². The van der Waals surface area contributed by atoms with E-state index in [-0.39, 0.29) is 5.92 Å². The number of carbonyl (C=O) groups is 1. The fourth-order valence-electron chi connectivity index (χ4n) is 2.81. The summed E-state index contributed by atoms with van der Waals surface area (Å²) in [6.07, 6.45) is 0. The van der Waals surface area contributed by atoms with Crippen LogP contribution in [0.4, 0.5) is 0 Å². The summed E-state index contributed by atoms with van der Waals surface area (Å²) in [6, 6.07) is 16.9. The summed E-state index contributed by atoms with van der Waals surface area (Å²) in [7, 11) is 0. The predicted octanol–water partition coefficient (Wildman–Crippen LogP) is 2.87. The largest absolute Gasteiger partial charge is 0.481 e. The Balaban J connectivity index is 2.33. The van der Waals surface area contributed by atoms with E-state index >= 15 is 0 Å². The second-order valence-corrected chi connectivity index (χ2v) is 4.59. The van der Waals surface area contributed by atoms with E-state index in [4.69, 9.17) is 0 Å². The SMILES string of the molecule is N#CC1c2ccccc2C(C(=O)O)c2ccccc21. The van der Waals surface area contributed by atoms with E-state index in [9.17, 15) is 15.2 Å². The molecule has 0 spiro atoms. The summed E-state index contributed by atoms with van der Waals surface area (Å²) >= 11 is 0. The van der Waals surface area contributed by atoms with Crippen LogP contribution in [0.1, 0.15) is 34.1 Å². The molecule has 3 heteroatoms. The molecule has 1 N–H and O–H groups in total. The van der Waals surface area contributed by atoms with Crippen molar-refractivity contribution in [2.75, 3.05) is 0 Å². The number of benzene rings is 2. The summed E-state index contributed by atoms with van der Waals surface area (Å²) in [6.45, 7) is 0. The number of fused-ring (bicyclic) bond motifs is 2. The Morgan fingerprint density at radius 3 is 1.74 bits per heavy atom. The fourth-order valence-corrected chi connectivity index (χ4v) is 2.81. The van der Waals surface area contributed by atoms with Crippen molar-refractivity contribution in [3.8, 4) is 6.07 Å². The highest BCUT2D eigenvalue weighted by Crippen LogP contribution is 2.42. The highest BCUT2D eigenvalue weighted by molar-refractivity contribution is 5.83. The minimum absolute atomic E-state index is 0.386. The summed E-state index contributed by atoms with van der Waals surface area (Å²) in [5, 5.41) is 18.9. The van der Waals surface area contributed by atoms with E-state index in [0.29, 0.717) is 0 Å². The summed E-state index contributed by atoms with van der Waals surface area (Å²) in [5.74, 6) is -1.95. The lowest BCUT2D eigenvalue weighted by atomic mass is 9.73. The van der Waals surface area contributed by atoms with Crippen LogP contribution in [-0.2, 0) is 4.79 Å². The Kier molecular flexibility index (Phi) is 2.57. The van der Waals surface area contributed by atoms with Crippen molar-refractivity contribution in [1.29, 1.82) is 5.26 Å². The van der Waals surface area contributed by atoms with Gasteiger partial charge in [0.1, 0.15) is 5.92 Å². The van der Waals surface area contributed by atoms with Gasteiger partial charge in [-0.25, -0.2) is 0 Å². The van der Waals surface area contributed by atoms with Crippen molar-refractivity contribution >= 4 is 5.97 Å². The minimum Gasteiger partial charge on any atom is -0.481 e. The molecule has 92 valence electrons. The van der Waals surface area contributed by atoms with Crippen molar-refractivity contribution in [3.05, 3.63) is 70.8 Å².